The Balaban J connectivity index is 2.26. The summed E-state index contributed by atoms with van der Waals surface area (Å²) in [6.45, 7) is 0.218. The largest absolute Gasteiger partial charge is 0.387 e. The number of nitrogens with two attached hydrogens (primary N) is 1. The van der Waals surface area contributed by atoms with E-state index in [0.29, 0.717) is 5.56 Å². The van der Waals surface area contributed by atoms with Crippen LogP contribution in [-0.2, 0) is 0 Å². The fourth-order valence-corrected chi connectivity index (χ4v) is 1.77. The second-order valence-corrected chi connectivity index (χ2v) is 4.06. The predicted molar refractivity (Wildman–Crippen MR) is 70.6 cm³/mol. The molecule has 18 heavy (non-hydrogen) atoms. The molecule has 0 aliphatic rings. The summed E-state index contributed by atoms with van der Waals surface area (Å²) in [5.74, 6) is 0. The van der Waals surface area contributed by atoms with Crippen molar-refractivity contribution in [2.75, 3.05) is 6.54 Å². The van der Waals surface area contributed by atoms with Gasteiger partial charge in [0.05, 0.1) is 17.7 Å². The summed E-state index contributed by atoms with van der Waals surface area (Å²) in [5.41, 5.74) is 8.96. The number of rotatable bonds is 3. The Kier molecular flexibility index (Phi) is 3.73. The van der Waals surface area contributed by atoms with Gasteiger partial charge in [-0.1, -0.05) is 36.4 Å². The number of aliphatic hydroxyl groups excluding tert-OH is 1. The van der Waals surface area contributed by atoms with E-state index in [1.807, 2.05) is 36.4 Å². The quantitative estimate of drug-likeness (QED) is 0.861. The smallest absolute Gasteiger partial charge is 0.0991 e. The monoisotopic (exact) mass is 238 g/mol. The van der Waals surface area contributed by atoms with E-state index in [4.69, 9.17) is 11.0 Å². The number of benzene rings is 2. The van der Waals surface area contributed by atoms with Crippen molar-refractivity contribution < 1.29 is 5.11 Å². The molecule has 0 saturated heterocycles. The molecule has 90 valence electrons. The van der Waals surface area contributed by atoms with E-state index in [9.17, 15) is 5.11 Å². The Morgan fingerprint density at radius 1 is 1.00 bits per heavy atom. The molecule has 0 fully saturated rings. The normalized spacial score (nSPS) is 11.8. The Morgan fingerprint density at radius 2 is 1.50 bits per heavy atom. The number of nitriles is 1. The number of aliphatic hydroxyl groups is 1. The van der Waals surface area contributed by atoms with Gasteiger partial charge in [0.15, 0.2) is 0 Å². The van der Waals surface area contributed by atoms with E-state index in [1.165, 1.54) is 0 Å². The fraction of sp³-hybridized carbons (Fsp3) is 0.133. The Labute approximate surface area is 106 Å². The van der Waals surface area contributed by atoms with Gasteiger partial charge in [-0.2, -0.15) is 5.26 Å². The van der Waals surface area contributed by atoms with Crippen LogP contribution in [0.15, 0.2) is 48.5 Å². The lowest BCUT2D eigenvalue weighted by Gasteiger charge is -2.09. The van der Waals surface area contributed by atoms with Crippen LogP contribution in [0.3, 0.4) is 0 Å². The average molecular weight is 238 g/mol. The van der Waals surface area contributed by atoms with E-state index in [1.54, 1.807) is 12.1 Å². The molecule has 0 amide bonds. The minimum Gasteiger partial charge on any atom is -0.387 e. The van der Waals surface area contributed by atoms with Crippen molar-refractivity contribution >= 4 is 0 Å². The van der Waals surface area contributed by atoms with Crippen molar-refractivity contribution in [3.05, 3.63) is 59.7 Å². The SMILES string of the molecule is N#Cc1ccc(-c2ccc(C(O)CN)cc2)cc1. The van der Waals surface area contributed by atoms with Crippen molar-refractivity contribution in [3.63, 3.8) is 0 Å². The first-order valence-electron chi connectivity index (χ1n) is 5.73. The van der Waals surface area contributed by atoms with Gasteiger partial charge in [-0.3, -0.25) is 0 Å². The molecule has 0 saturated carbocycles. The van der Waals surface area contributed by atoms with Crippen molar-refractivity contribution in [1.82, 2.24) is 0 Å². The van der Waals surface area contributed by atoms with E-state index >= 15 is 0 Å². The van der Waals surface area contributed by atoms with Crippen LogP contribution in [0.1, 0.15) is 17.2 Å². The first-order valence-corrected chi connectivity index (χ1v) is 5.73. The van der Waals surface area contributed by atoms with Gasteiger partial charge < -0.3 is 10.8 Å². The second-order valence-electron chi connectivity index (χ2n) is 4.06. The van der Waals surface area contributed by atoms with Crippen LogP contribution in [0.5, 0.6) is 0 Å². The van der Waals surface area contributed by atoms with Crippen LogP contribution in [0.4, 0.5) is 0 Å². The summed E-state index contributed by atoms with van der Waals surface area (Å²) in [5, 5.41) is 18.3. The Hall–Kier alpha value is -2.15. The molecule has 1 atom stereocenters. The molecule has 0 spiro atoms. The minimum atomic E-state index is -0.611. The van der Waals surface area contributed by atoms with Crippen molar-refractivity contribution in [1.29, 1.82) is 5.26 Å². The highest BCUT2D eigenvalue weighted by Crippen LogP contribution is 2.22. The van der Waals surface area contributed by atoms with Crippen LogP contribution < -0.4 is 5.73 Å². The van der Waals surface area contributed by atoms with E-state index in [2.05, 4.69) is 6.07 Å². The molecule has 3 heteroatoms. The van der Waals surface area contributed by atoms with Gasteiger partial charge in [-0.25, -0.2) is 0 Å². The molecule has 3 nitrogen and oxygen atoms in total. The highest BCUT2D eigenvalue weighted by atomic mass is 16.3. The van der Waals surface area contributed by atoms with Crippen molar-refractivity contribution in [3.8, 4) is 17.2 Å². The summed E-state index contributed by atoms with van der Waals surface area (Å²) in [6, 6.07) is 17.1. The highest BCUT2D eigenvalue weighted by Gasteiger charge is 2.05. The average Bonchev–Trinajstić information content (AvgIpc) is 2.47. The van der Waals surface area contributed by atoms with Gasteiger partial charge >= 0.3 is 0 Å². The molecule has 0 radical (unpaired) electrons. The zero-order chi connectivity index (χ0) is 13.0. The van der Waals surface area contributed by atoms with Crippen LogP contribution in [0.25, 0.3) is 11.1 Å². The number of hydrogen-bond acceptors (Lipinski definition) is 3. The van der Waals surface area contributed by atoms with Gasteiger partial charge in [-0.05, 0) is 28.8 Å². The van der Waals surface area contributed by atoms with Crippen LogP contribution >= 0.6 is 0 Å². The maximum Gasteiger partial charge on any atom is 0.0991 e. The summed E-state index contributed by atoms with van der Waals surface area (Å²) in [6.07, 6.45) is -0.611. The summed E-state index contributed by atoms with van der Waals surface area (Å²) in [7, 11) is 0. The molecular formula is C15H14N2O. The molecule has 2 rings (SSSR count). The first-order chi connectivity index (χ1) is 8.74. The summed E-state index contributed by atoms with van der Waals surface area (Å²) >= 11 is 0. The molecule has 2 aromatic rings. The lowest BCUT2D eigenvalue weighted by Crippen LogP contribution is -2.11. The topological polar surface area (TPSA) is 70.0 Å². The molecule has 0 heterocycles. The third-order valence-corrected chi connectivity index (χ3v) is 2.87. The summed E-state index contributed by atoms with van der Waals surface area (Å²) in [4.78, 5) is 0. The predicted octanol–water partition coefficient (Wildman–Crippen LogP) is 2.22. The van der Waals surface area contributed by atoms with E-state index in [-0.39, 0.29) is 6.54 Å². The van der Waals surface area contributed by atoms with E-state index in [0.717, 1.165) is 16.7 Å². The zero-order valence-corrected chi connectivity index (χ0v) is 9.88. The van der Waals surface area contributed by atoms with Gasteiger partial charge in [0.25, 0.3) is 0 Å². The van der Waals surface area contributed by atoms with Crippen molar-refractivity contribution in [2.45, 2.75) is 6.10 Å². The lowest BCUT2D eigenvalue weighted by atomic mass is 10.0. The third kappa shape index (κ3) is 2.57. The molecule has 2 aromatic carbocycles. The standard InChI is InChI=1S/C15H14N2O/c16-9-11-1-3-12(4-2-11)13-5-7-14(8-6-13)15(18)10-17/h1-8,15,18H,10,17H2. The molecule has 0 aliphatic carbocycles. The molecule has 0 aromatic heterocycles. The Morgan fingerprint density at radius 3 is 1.94 bits per heavy atom. The zero-order valence-electron chi connectivity index (χ0n) is 9.88. The first kappa shape index (κ1) is 12.3. The maximum atomic E-state index is 9.60. The molecule has 0 aliphatic heterocycles. The van der Waals surface area contributed by atoms with E-state index < -0.39 is 6.10 Å². The second kappa shape index (κ2) is 5.46. The maximum absolute atomic E-state index is 9.60. The van der Waals surface area contributed by atoms with Crippen LogP contribution in [-0.4, -0.2) is 11.7 Å². The lowest BCUT2D eigenvalue weighted by molar-refractivity contribution is 0.187. The molecule has 1 unspecified atom stereocenters. The number of hydrogen-bond donors (Lipinski definition) is 2. The Bertz CT molecular complexity index is 553. The van der Waals surface area contributed by atoms with Gasteiger partial charge in [0, 0.05) is 6.54 Å². The van der Waals surface area contributed by atoms with Gasteiger partial charge in [0.1, 0.15) is 0 Å². The van der Waals surface area contributed by atoms with Crippen LogP contribution in [0.2, 0.25) is 0 Å². The number of nitrogens with zero attached hydrogens (tertiary/aromatic N) is 1. The molecule has 0 bridgehead atoms. The van der Waals surface area contributed by atoms with Gasteiger partial charge in [0.2, 0.25) is 0 Å². The third-order valence-electron chi connectivity index (χ3n) is 2.87. The van der Waals surface area contributed by atoms with Crippen LogP contribution in [0, 0.1) is 11.3 Å². The van der Waals surface area contributed by atoms with Gasteiger partial charge in [-0.15, -0.1) is 0 Å². The van der Waals surface area contributed by atoms with Crippen molar-refractivity contribution in [2.24, 2.45) is 5.73 Å². The summed E-state index contributed by atoms with van der Waals surface area (Å²) < 4.78 is 0. The fourth-order valence-electron chi connectivity index (χ4n) is 1.77. The molecule has 3 N–H and O–H groups in total. The highest BCUT2D eigenvalue weighted by molar-refractivity contribution is 5.64. The molecular weight excluding hydrogens is 224 g/mol. The minimum absolute atomic E-state index is 0.218.